The van der Waals surface area contributed by atoms with Crippen LogP contribution in [-0.4, -0.2) is 0 Å². The van der Waals surface area contributed by atoms with E-state index in [2.05, 4.69) is 44.2 Å². The maximum atomic E-state index is 2.34. The second-order valence-electron chi connectivity index (χ2n) is 3.80. The molecule has 72 valence electrons. The quantitative estimate of drug-likeness (QED) is 0.561. The molecule has 0 aromatic carbocycles. The summed E-state index contributed by atoms with van der Waals surface area (Å²) in [5, 5.41) is 0. The lowest BCUT2D eigenvalue weighted by atomic mass is 9.94. The van der Waals surface area contributed by atoms with Gasteiger partial charge in [0.05, 0.1) is 0 Å². The highest BCUT2D eigenvalue weighted by Gasteiger charge is 2.03. The summed E-state index contributed by atoms with van der Waals surface area (Å²) >= 11 is 0. The molecule has 0 N–H and O–H groups in total. The Labute approximate surface area is 82.0 Å². The van der Waals surface area contributed by atoms with Crippen LogP contribution in [0.2, 0.25) is 0 Å². The maximum Gasteiger partial charge on any atom is -0.0161 e. The standard InChI is InChI=1S/C13H20/c1-3-4-5-6-7-13-10-8-12(2)9-11-13/h5-6,8-10,13H,3-4,7,11H2,1-2H3/b6-5-. The van der Waals surface area contributed by atoms with Gasteiger partial charge in [0.1, 0.15) is 0 Å². The van der Waals surface area contributed by atoms with Crippen LogP contribution < -0.4 is 0 Å². The molecule has 1 aliphatic carbocycles. The van der Waals surface area contributed by atoms with E-state index in [1.165, 1.54) is 31.3 Å². The molecular weight excluding hydrogens is 156 g/mol. The fourth-order valence-corrected chi connectivity index (χ4v) is 1.50. The average Bonchev–Trinajstić information content (AvgIpc) is 2.15. The molecule has 0 aliphatic heterocycles. The fraction of sp³-hybridized carbons (Fsp3) is 0.538. The Morgan fingerprint density at radius 1 is 1.46 bits per heavy atom. The summed E-state index contributed by atoms with van der Waals surface area (Å²) in [7, 11) is 0. The van der Waals surface area contributed by atoms with E-state index >= 15 is 0 Å². The number of rotatable bonds is 4. The Balaban J connectivity index is 2.21. The zero-order valence-electron chi connectivity index (χ0n) is 8.79. The first-order valence-electron chi connectivity index (χ1n) is 5.33. The zero-order valence-corrected chi connectivity index (χ0v) is 8.79. The van der Waals surface area contributed by atoms with Crippen molar-refractivity contribution in [1.82, 2.24) is 0 Å². The first-order chi connectivity index (χ1) is 6.33. The number of unbranched alkanes of at least 4 members (excludes halogenated alkanes) is 1. The molecule has 0 heteroatoms. The summed E-state index contributed by atoms with van der Waals surface area (Å²) in [5.41, 5.74) is 1.41. The van der Waals surface area contributed by atoms with Crippen molar-refractivity contribution in [2.24, 2.45) is 5.92 Å². The Morgan fingerprint density at radius 3 is 2.92 bits per heavy atom. The molecule has 0 saturated heterocycles. The number of hydrogen-bond donors (Lipinski definition) is 0. The molecule has 0 fully saturated rings. The third-order valence-electron chi connectivity index (χ3n) is 2.43. The lowest BCUT2D eigenvalue weighted by Crippen LogP contribution is -1.96. The van der Waals surface area contributed by atoms with Crippen LogP contribution in [0.5, 0.6) is 0 Å². The summed E-state index contributed by atoms with van der Waals surface area (Å²) in [5.74, 6) is 0.747. The molecule has 0 aromatic rings. The van der Waals surface area contributed by atoms with Gasteiger partial charge in [-0.2, -0.15) is 0 Å². The Morgan fingerprint density at radius 2 is 2.31 bits per heavy atom. The van der Waals surface area contributed by atoms with Crippen molar-refractivity contribution in [2.75, 3.05) is 0 Å². The maximum absolute atomic E-state index is 2.34. The first-order valence-corrected chi connectivity index (χ1v) is 5.33. The van der Waals surface area contributed by atoms with E-state index in [4.69, 9.17) is 0 Å². The summed E-state index contributed by atoms with van der Waals surface area (Å²) in [6, 6.07) is 0. The van der Waals surface area contributed by atoms with E-state index in [1.807, 2.05) is 0 Å². The van der Waals surface area contributed by atoms with Gasteiger partial charge in [-0.3, -0.25) is 0 Å². The van der Waals surface area contributed by atoms with Crippen molar-refractivity contribution in [2.45, 2.75) is 39.5 Å². The van der Waals surface area contributed by atoms with Gasteiger partial charge in [-0.1, -0.05) is 49.3 Å². The smallest absolute Gasteiger partial charge is 0.0161 e. The summed E-state index contributed by atoms with van der Waals surface area (Å²) in [6.45, 7) is 4.39. The van der Waals surface area contributed by atoms with Gasteiger partial charge in [0.2, 0.25) is 0 Å². The van der Waals surface area contributed by atoms with Crippen LogP contribution in [0.1, 0.15) is 39.5 Å². The topological polar surface area (TPSA) is 0 Å². The van der Waals surface area contributed by atoms with Crippen molar-refractivity contribution < 1.29 is 0 Å². The summed E-state index contributed by atoms with van der Waals surface area (Å²) in [6.07, 6.45) is 16.5. The monoisotopic (exact) mass is 176 g/mol. The average molecular weight is 176 g/mol. The molecule has 0 bridgehead atoms. The normalized spacial score (nSPS) is 22.3. The van der Waals surface area contributed by atoms with Gasteiger partial charge in [-0.25, -0.2) is 0 Å². The second kappa shape index (κ2) is 5.80. The zero-order chi connectivity index (χ0) is 9.52. The van der Waals surface area contributed by atoms with Gasteiger partial charge in [0.15, 0.2) is 0 Å². The Kier molecular flexibility index (Phi) is 4.59. The number of hydrogen-bond acceptors (Lipinski definition) is 0. The van der Waals surface area contributed by atoms with Crippen molar-refractivity contribution in [3.05, 3.63) is 36.0 Å². The van der Waals surface area contributed by atoms with Crippen molar-refractivity contribution >= 4 is 0 Å². The Hall–Kier alpha value is -0.780. The summed E-state index contributed by atoms with van der Waals surface area (Å²) in [4.78, 5) is 0. The highest BCUT2D eigenvalue weighted by molar-refractivity contribution is 5.21. The van der Waals surface area contributed by atoms with Gasteiger partial charge in [0.25, 0.3) is 0 Å². The third kappa shape index (κ3) is 4.12. The van der Waals surface area contributed by atoms with E-state index in [0.717, 1.165) is 5.92 Å². The van der Waals surface area contributed by atoms with Crippen LogP contribution in [0.4, 0.5) is 0 Å². The molecule has 1 unspecified atom stereocenters. The van der Waals surface area contributed by atoms with Crippen LogP contribution in [0.25, 0.3) is 0 Å². The van der Waals surface area contributed by atoms with E-state index in [-0.39, 0.29) is 0 Å². The molecular formula is C13H20. The molecule has 0 heterocycles. The van der Waals surface area contributed by atoms with Gasteiger partial charge >= 0.3 is 0 Å². The van der Waals surface area contributed by atoms with Crippen molar-refractivity contribution in [3.63, 3.8) is 0 Å². The largest absolute Gasteiger partial charge is 0.0885 e. The van der Waals surface area contributed by atoms with Gasteiger partial charge in [0, 0.05) is 0 Å². The molecule has 0 radical (unpaired) electrons. The van der Waals surface area contributed by atoms with E-state index in [1.54, 1.807) is 0 Å². The van der Waals surface area contributed by atoms with Gasteiger partial charge in [-0.15, -0.1) is 0 Å². The van der Waals surface area contributed by atoms with E-state index in [0.29, 0.717) is 0 Å². The van der Waals surface area contributed by atoms with Crippen LogP contribution in [0.15, 0.2) is 36.0 Å². The van der Waals surface area contributed by atoms with Crippen LogP contribution >= 0.6 is 0 Å². The minimum atomic E-state index is 0.747. The summed E-state index contributed by atoms with van der Waals surface area (Å²) < 4.78 is 0. The molecule has 0 aromatic heterocycles. The van der Waals surface area contributed by atoms with E-state index < -0.39 is 0 Å². The van der Waals surface area contributed by atoms with E-state index in [9.17, 15) is 0 Å². The fourth-order valence-electron chi connectivity index (χ4n) is 1.50. The Bertz CT molecular complexity index is 218. The highest BCUT2D eigenvalue weighted by Crippen LogP contribution is 2.19. The molecule has 0 saturated carbocycles. The molecule has 0 spiro atoms. The minimum absolute atomic E-state index is 0.747. The predicted molar refractivity (Wildman–Crippen MR) is 59.7 cm³/mol. The van der Waals surface area contributed by atoms with Crippen molar-refractivity contribution in [3.8, 4) is 0 Å². The molecule has 0 amide bonds. The highest BCUT2D eigenvalue weighted by atomic mass is 14.1. The van der Waals surface area contributed by atoms with Crippen molar-refractivity contribution in [1.29, 1.82) is 0 Å². The lowest BCUT2D eigenvalue weighted by Gasteiger charge is -2.11. The molecule has 0 nitrogen and oxygen atoms in total. The third-order valence-corrected chi connectivity index (χ3v) is 2.43. The molecule has 1 rings (SSSR count). The van der Waals surface area contributed by atoms with Crippen LogP contribution in [-0.2, 0) is 0 Å². The first kappa shape index (κ1) is 10.3. The number of allylic oxidation sites excluding steroid dienone is 6. The SMILES string of the molecule is CCC/C=C\CC1C=CC(C)=CC1. The second-order valence-corrected chi connectivity index (χ2v) is 3.80. The lowest BCUT2D eigenvalue weighted by molar-refractivity contribution is 0.663. The predicted octanol–water partition coefficient (Wildman–Crippen LogP) is 4.26. The molecule has 13 heavy (non-hydrogen) atoms. The van der Waals surface area contributed by atoms with Gasteiger partial charge in [-0.05, 0) is 32.1 Å². The van der Waals surface area contributed by atoms with Crippen LogP contribution in [0, 0.1) is 5.92 Å². The minimum Gasteiger partial charge on any atom is -0.0885 e. The van der Waals surface area contributed by atoms with Crippen LogP contribution in [0.3, 0.4) is 0 Å². The molecule has 1 aliphatic rings. The van der Waals surface area contributed by atoms with Gasteiger partial charge < -0.3 is 0 Å². The molecule has 1 atom stereocenters.